The molecule has 2 aromatic rings. The van der Waals surface area contributed by atoms with Crippen LogP contribution in [0.25, 0.3) is 0 Å². The summed E-state index contributed by atoms with van der Waals surface area (Å²) < 4.78 is 24.5. The minimum Gasteiger partial charge on any atom is -0.439 e. The van der Waals surface area contributed by atoms with E-state index in [4.69, 9.17) is 9.47 Å². The summed E-state index contributed by atoms with van der Waals surface area (Å²) in [7, 11) is 2.12. The summed E-state index contributed by atoms with van der Waals surface area (Å²) in [5.74, 6) is 1.31. The molecule has 0 amide bonds. The summed E-state index contributed by atoms with van der Waals surface area (Å²) in [6.45, 7) is 3.32. The largest absolute Gasteiger partial charge is 0.439 e. The molecule has 2 fully saturated rings. The average Bonchev–Trinajstić information content (AvgIpc) is 3.03. The third-order valence-electron chi connectivity index (χ3n) is 4.52. The third-order valence-corrected chi connectivity index (χ3v) is 4.52. The lowest BCUT2D eigenvalue weighted by Gasteiger charge is -2.33. The van der Waals surface area contributed by atoms with Crippen LogP contribution in [0.15, 0.2) is 36.5 Å². The number of rotatable bonds is 3. The van der Waals surface area contributed by atoms with Gasteiger partial charge in [-0.25, -0.2) is 9.37 Å². The summed E-state index contributed by atoms with van der Waals surface area (Å²) in [5.41, 5.74) is 0. The molecule has 0 saturated carbocycles. The summed E-state index contributed by atoms with van der Waals surface area (Å²) in [4.78, 5) is 13.3. The molecule has 7 heteroatoms. The summed E-state index contributed by atoms with van der Waals surface area (Å²) in [6, 6.07) is 7.92. The van der Waals surface area contributed by atoms with Gasteiger partial charge in [0.2, 0.25) is 11.8 Å². The van der Waals surface area contributed by atoms with E-state index < -0.39 is 0 Å². The minimum atomic E-state index is -0.297. The van der Waals surface area contributed by atoms with Crippen LogP contribution in [0, 0.1) is 5.82 Å². The van der Waals surface area contributed by atoms with E-state index in [-0.39, 0.29) is 11.9 Å². The van der Waals surface area contributed by atoms with E-state index in [0.717, 1.165) is 26.2 Å². The number of anilines is 1. The van der Waals surface area contributed by atoms with Crippen molar-refractivity contribution in [2.45, 2.75) is 12.1 Å². The van der Waals surface area contributed by atoms with Crippen molar-refractivity contribution in [1.82, 2.24) is 14.9 Å². The highest BCUT2D eigenvalue weighted by Crippen LogP contribution is 2.26. The van der Waals surface area contributed by atoms with E-state index in [9.17, 15) is 4.39 Å². The van der Waals surface area contributed by atoms with Gasteiger partial charge in [-0.1, -0.05) is 0 Å². The average molecular weight is 330 g/mol. The molecule has 0 radical (unpaired) electrons. The van der Waals surface area contributed by atoms with Crippen molar-refractivity contribution in [1.29, 1.82) is 0 Å². The van der Waals surface area contributed by atoms with Gasteiger partial charge in [-0.05, 0) is 31.3 Å². The number of ether oxygens (including phenoxy) is 2. The van der Waals surface area contributed by atoms with Crippen LogP contribution in [0.3, 0.4) is 0 Å². The Kier molecular flexibility index (Phi) is 4.03. The zero-order valence-electron chi connectivity index (χ0n) is 13.4. The normalized spacial score (nSPS) is 24.0. The standard InChI is InChI=1S/C17H19FN4O2/c1-21-8-9-23-15-11-22(10-14(15)21)17-19-7-6-16(20-17)24-13-4-2-12(18)3-5-13/h2-7,14-15H,8-11H2,1H3. The van der Waals surface area contributed by atoms with Gasteiger partial charge in [0.05, 0.1) is 18.8 Å². The number of hydrogen-bond donors (Lipinski definition) is 0. The van der Waals surface area contributed by atoms with Crippen molar-refractivity contribution < 1.29 is 13.9 Å². The second-order valence-corrected chi connectivity index (χ2v) is 6.11. The van der Waals surface area contributed by atoms with Gasteiger partial charge in [0.1, 0.15) is 11.6 Å². The quantitative estimate of drug-likeness (QED) is 0.857. The van der Waals surface area contributed by atoms with Crippen molar-refractivity contribution in [2.24, 2.45) is 0 Å². The van der Waals surface area contributed by atoms with Crippen LogP contribution in [0.1, 0.15) is 0 Å². The molecule has 0 bridgehead atoms. The molecule has 4 rings (SSSR count). The van der Waals surface area contributed by atoms with Crippen LogP contribution in [0.4, 0.5) is 10.3 Å². The fourth-order valence-corrected chi connectivity index (χ4v) is 3.19. The first-order chi connectivity index (χ1) is 11.7. The Hall–Kier alpha value is -2.25. The number of morpholine rings is 1. The smallest absolute Gasteiger partial charge is 0.228 e. The fraction of sp³-hybridized carbons (Fsp3) is 0.412. The van der Waals surface area contributed by atoms with Gasteiger partial charge in [0.15, 0.2) is 0 Å². The topological polar surface area (TPSA) is 50.7 Å². The first kappa shape index (κ1) is 15.3. The molecule has 2 aliphatic heterocycles. The van der Waals surface area contributed by atoms with E-state index in [2.05, 4.69) is 26.8 Å². The summed E-state index contributed by atoms with van der Waals surface area (Å²) >= 11 is 0. The Balaban J connectivity index is 1.49. The molecule has 2 atom stereocenters. The van der Waals surface area contributed by atoms with Gasteiger partial charge in [-0.3, -0.25) is 4.90 Å². The molecule has 6 nitrogen and oxygen atoms in total. The molecule has 2 saturated heterocycles. The highest BCUT2D eigenvalue weighted by Gasteiger charge is 2.39. The molecule has 0 N–H and O–H groups in total. The molecule has 0 spiro atoms. The predicted molar refractivity (Wildman–Crippen MR) is 86.9 cm³/mol. The maximum absolute atomic E-state index is 13.0. The minimum absolute atomic E-state index is 0.189. The molecule has 1 aromatic heterocycles. The third kappa shape index (κ3) is 3.05. The maximum Gasteiger partial charge on any atom is 0.228 e. The molecule has 126 valence electrons. The highest BCUT2D eigenvalue weighted by molar-refractivity contribution is 5.37. The van der Waals surface area contributed by atoms with Crippen LogP contribution in [0.2, 0.25) is 0 Å². The Morgan fingerprint density at radius 3 is 2.83 bits per heavy atom. The molecule has 3 heterocycles. The van der Waals surface area contributed by atoms with E-state index in [1.54, 1.807) is 24.4 Å². The summed E-state index contributed by atoms with van der Waals surface area (Å²) in [5, 5.41) is 0. The SMILES string of the molecule is CN1CCOC2CN(c3nccc(Oc4ccc(F)cc4)n3)CC21. The Bertz CT molecular complexity index is 712. The number of aromatic nitrogens is 2. The fourth-order valence-electron chi connectivity index (χ4n) is 3.19. The van der Waals surface area contributed by atoms with Crippen LogP contribution in [-0.4, -0.2) is 60.3 Å². The van der Waals surface area contributed by atoms with Crippen molar-refractivity contribution in [3.05, 3.63) is 42.3 Å². The van der Waals surface area contributed by atoms with Gasteiger partial charge < -0.3 is 14.4 Å². The highest BCUT2D eigenvalue weighted by atomic mass is 19.1. The number of hydrogen-bond acceptors (Lipinski definition) is 6. The zero-order valence-corrected chi connectivity index (χ0v) is 13.4. The lowest BCUT2D eigenvalue weighted by atomic mass is 10.1. The number of fused-ring (bicyclic) bond motifs is 1. The van der Waals surface area contributed by atoms with Crippen LogP contribution < -0.4 is 9.64 Å². The zero-order chi connectivity index (χ0) is 16.5. The Labute approximate surface area is 139 Å². The second-order valence-electron chi connectivity index (χ2n) is 6.11. The first-order valence-corrected chi connectivity index (χ1v) is 8.02. The molecule has 24 heavy (non-hydrogen) atoms. The van der Waals surface area contributed by atoms with Gasteiger partial charge in [-0.2, -0.15) is 4.98 Å². The van der Waals surface area contributed by atoms with Crippen molar-refractivity contribution in [3.8, 4) is 11.6 Å². The molecule has 2 unspecified atom stereocenters. The Morgan fingerprint density at radius 1 is 1.21 bits per heavy atom. The number of likely N-dealkylation sites (N-methyl/N-ethyl adjacent to an activating group) is 1. The lowest BCUT2D eigenvalue weighted by Crippen LogP contribution is -2.48. The molecule has 1 aromatic carbocycles. The van der Waals surface area contributed by atoms with E-state index in [0.29, 0.717) is 23.6 Å². The lowest BCUT2D eigenvalue weighted by molar-refractivity contribution is -0.0362. The van der Waals surface area contributed by atoms with Crippen LogP contribution in [-0.2, 0) is 4.74 Å². The number of halogens is 1. The number of nitrogens with zero attached hydrogens (tertiary/aromatic N) is 4. The van der Waals surface area contributed by atoms with Crippen molar-refractivity contribution >= 4 is 5.95 Å². The Morgan fingerprint density at radius 2 is 2.04 bits per heavy atom. The van der Waals surface area contributed by atoms with Gasteiger partial charge >= 0.3 is 0 Å². The molecular weight excluding hydrogens is 311 g/mol. The first-order valence-electron chi connectivity index (χ1n) is 8.02. The molecule has 2 aliphatic rings. The van der Waals surface area contributed by atoms with E-state index >= 15 is 0 Å². The van der Waals surface area contributed by atoms with Crippen LogP contribution >= 0.6 is 0 Å². The van der Waals surface area contributed by atoms with Gasteiger partial charge in [0.25, 0.3) is 0 Å². The van der Waals surface area contributed by atoms with Crippen molar-refractivity contribution in [3.63, 3.8) is 0 Å². The van der Waals surface area contributed by atoms with E-state index in [1.807, 2.05) is 0 Å². The maximum atomic E-state index is 13.0. The monoisotopic (exact) mass is 330 g/mol. The van der Waals surface area contributed by atoms with Crippen LogP contribution in [0.5, 0.6) is 11.6 Å². The van der Waals surface area contributed by atoms with Gasteiger partial charge in [-0.15, -0.1) is 0 Å². The number of benzene rings is 1. The predicted octanol–water partition coefficient (Wildman–Crippen LogP) is 1.93. The van der Waals surface area contributed by atoms with Crippen molar-refractivity contribution in [2.75, 3.05) is 38.2 Å². The van der Waals surface area contributed by atoms with E-state index in [1.165, 1.54) is 12.1 Å². The molecule has 0 aliphatic carbocycles. The summed E-state index contributed by atoms with van der Waals surface area (Å²) in [6.07, 6.45) is 1.86. The van der Waals surface area contributed by atoms with Gasteiger partial charge in [0, 0.05) is 31.9 Å². The molecular formula is C17H19FN4O2. The second kappa shape index (κ2) is 6.33.